The maximum atomic E-state index is 11.0. The van der Waals surface area contributed by atoms with E-state index < -0.39 is 6.09 Å². The molecular weight excluding hydrogens is 218 g/mol. The smallest absolute Gasteiger partial charge is 0.407 e. The van der Waals surface area contributed by atoms with Crippen molar-refractivity contribution in [3.63, 3.8) is 0 Å². The molecule has 0 bridgehead atoms. The Labute approximate surface area is 102 Å². The molecule has 0 aliphatic carbocycles. The number of nitrogens with one attached hydrogen (secondary N) is 1. The number of benzene rings is 1. The molecule has 1 aromatic rings. The quantitative estimate of drug-likeness (QED) is 0.614. The maximum Gasteiger partial charge on any atom is 0.407 e. The van der Waals surface area contributed by atoms with E-state index >= 15 is 0 Å². The van der Waals surface area contributed by atoms with E-state index in [4.69, 9.17) is 5.84 Å². The van der Waals surface area contributed by atoms with Crippen LogP contribution in [0.25, 0.3) is 0 Å². The second-order valence-electron chi connectivity index (χ2n) is 4.03. The number of alkyl carbamates (subject to hydrolysis) is 1. The second kappa shape index (κ2) is 6.10. The Morgan fingerprint density at radius 3 is 2.88 bits per heavy atom. The van der Waals surface area contributed by atoms with E-state index in [1.165, 1.54) is 7.11 Å². The van der Waals surface area contributed by atoms with Crippen LogP contribution in [-0.2, 0) is 4.74 Å². The number of amides is 1. The largest absolute Gasteiger partial charge is 0.453 e. The lowest BCUT2D eigenvalue weighted by molar-refractivity contribution is 0.167. The van der Waals surface area contributed by atoms with Gasteiger partial charge in [-0.1, -0.05) is 12.1 Å². The highest BCUT2D eigenvalue weighted by Crippen LogP contribution is 2.12. The average molecular weight is 237 g/mol. The van der Waals surface area contributed by atoms with E-state index in [1.54, 1.807) is 5.01 Å². The lowest BCUT2D eigenvalue weighted by Gasteiger charge is -2.23. The van der Waals surface area contributed by atoms with Crippen LogP contribution in [0, 0.1) is 6.92 Å². The van der Waals surface area contributed by atoms with Gasteiger partial charge < -0.3 is 15.1 Å². The Morgan fingerprint density at radius 1 is 1.59 bits per heavy atom. The van der Waals surface area contributed by atoms with Gasteiger partial charge >= 0.3 is 6.09 Å². The van der Waals surface area contributed by atoms with E-state index in [-0.39, 0.29) is 6.04 Å². The van der Waals surface area contributed by atoms with E-state index in [2.05, 4.69) is 10.1 Å². The zero-order valence-electron chi connectivity index (χ0n) is 10.4. The van der Waals surface area contributed by atoms with Gasteiger partial charge in [-0.15, -0.1) is 0 Å². The molecule has 3 N–H and O–H groups in total. The number of hydrogen-bond donors (Lipinski definition) is 2. The van der Waals surface area contributed by atoms with E-state index in [9.17, 15) is 4.79 Å². The van der Waals surface area contributed by atoms with Gasteiger partial charge in [-0.3, -0.25) is 0 Å². The molecule has 94 valence electrons. The molecular formula is C12H19N3O2. The molecule has 17 heavy (non-hydrogen) atoms. The van der Waals surface area contributed by atoms with Crippen molar-refractivity contribution in [1.29, 1.82) is 0 Å². The number of hydrazine groups is 1. The Balaban J connectivity index is 2.54. The second-order valence-corrected chi connectivity index (χ2v) is 4.03. The number of rotatable bonds is 4. The summed E-state index contributed by atoms with van der Waals surface area (Å²) in [6.07, 6.45) is -0.449. The van der Waals surface area contributed by atoms with Gasteiger partial charge in [0.05, 0.1) is 19.3 Å². The highest BCUT2D eigenvalue weighted by molar-refractivity contribution is 5.67. The number of nitrogens with two attached hydrogens (primary N) is 1. The van der Waals surface area contributed by atoms with Crippen molar-refractivity contribution in [1.82, 2.24) is 5.32 Å². The molecule has 5 heteroatoms. The minimum absolute atomic E-state index is 0.0898. The number of methoxy groups -OCH3 is 1. The molecule has 0 fully saturated rings. The van der Waals surface area contributed by atoms with E-state index in [0.717, 1.165) is 11.3 Å². The van der Waals surface area contributed by atoms with Crippen LogP contribution in [0.15, 0.2) is 24.3 Å². The summed E-state index contributed by atoms with van der Waals surface area (Å²) in [6.45, 7) is 4.39. The predicted molar refractivity (Wildman–Crippen MR) is 67.7 cm³/mol. The lowest BCUT2D eigenvalue weighted by atomic mass is 10.2. The number of ether oxygens (including phenoxy) is 1. The molecule has 0 heterocycles. The van der Waals surface area contributed by atoms with Gasteiger partial charge in [-0.05, 0) is 31.5 Å². The number of nitrogens with zero attached hydrogens (tertiary/aromatic N) is 1. The van der Waals surface area contributed by atoms with Crippen LogP contribution in [0.1, 0.15) is 12.5 Å². The molecule has 5 nitrogen and oxygen atoms in total. The first kappa shape index (κ1) is 13.3. The van der Waals surface area contributed by atoms with Gasteiger partial charge in [0.1, 0.15) is 0 Å². The lowest BCUT2D eigenvalue weighted by Crippen LogP contribution is -2.45. The third-order valence-electron chi connectivity index (χ3n) is 2.35. The van der Waals surface area contributed by atoms with Gasteiger partial charge in [-0.25, -0.2) is 10.6 Å². The van der Waals surface area contributed by atoms with Crippen molar-refractivity contribution in [3.8, 4) is 0 Å². The average Bonchev–Trinajstić information content (AvgIpc) is 2.28. The molecule has 1 rings (SSSR count). The molecule has 1 atom stereocenters. The number of anilines is 1. The number of carbonyl (C=O) groups excluding carboxylic acids is 1. The highest BCUT2D eigenvalue weighted by atomic mass is 16.5. The highest BCUT2D eigenvalue weighted by Gasteiger charge is 2.10. The number of carbonyl (C=O) groups is 1. The van der Waals surface area contributed by atoms with Crippen LogP contribution in [-0.4, -0.2) is 25.8 Å². The molecule has 0 radical (unpaired) electrons. The summed E-state index contributed by atoms with van der Waals surface area (Å²) in [5.41, 5.74) is 2.06. The third kappa shape index (κ3) is 4.32. The van der Waals surface area contributed by atoms with Gasteiger partial charge in [-0.2, -0.15) is 0 Å². The fourth-order valence-corrected chi connectivity index (χ4v) is 1.51. The van der Waals surface area contributed by atoms with Crippen LogP contribution >= 0.6 is 0 Å². The molecule has 1 amide bonds. The number of hydrogen-bond acceptors (Lipinski definition) is 4. The summed E-state index contributed by atoms with van der Waals surface area (Å²) < 4.78 is 4.52. The molecule has 1 unspecified atom stereocenters. The van der Waals surface area contributed by atoms with E-state index in [0.29, 0.717) is 6.54 Å². The predicted octanol–water partition coefficient (Wildman–Crippen LogP) is 1.42. The van der Waals surface area contributed by atoms with Crippen LogP contribution in [0.4, 0.5) is 10.5 Å². The zero-order valence-corrected chi connectivity index (χ0v) is 10.4. The van der Waals surface area contributed by atoms with Crippen molar-refractivity contribution in [2.75, 3.05) is 18.7 Å². The fraction of sp³-hybridized carbons (Fsp3) is 0.417. The van der Waals surface area contributed by atoms with Crippen LogP contribution in [0.2, 0.25) is 0 Å². The molecule has 0 saturated carbocycles. The molecule has 0 aliphatic heterocycles. The first-order valence-corrected chi connectivity index (χ1v) is 5.46. The Kier molecular flexibility index (Phi) is 4.78. The van der Waals surface area contributed by atoms with Crippen molar-refractivity contribution < 1.29 is 9.53 Å². The summed E-state index contributed by atoms with van der Waals surface area (Å²) in [5, 5.41) is 4.27. The Hall–Kier alpha value is -1.75. The summed E-state index contributed by atoms with van der Waals surface area (Å²) in [6, 6.07) is 7.78. The summed E-state index contributed by atoms with van der Waals surface area (Å²) >= 11 is 0. The fourth-order valence-electron chi connectivity index (χ4n) is 1.51. The Bertz CT molecular complexity index is 382. The SMILES string of the molecule is COC(=O)NC(C)CN(N)c1cccc(C)c1. The van der Waals surface area contributed by atoms with E-state index in [1.807, 2.05) is 38.1 Å². The van der Waals surface area contributed by atoms with Crippen molar-refractivity contribution in [2.45, 2.75) is 19.9 Å². The van der Waals surface area contributed by atoms with Crippen LogP contribution in [0.5, 0.6) is 0 Å². The molecule has 1 aromatic carbocycles. The number of aryl methyl sites for hydroxylation is 1. The third-order valence-corrected chi connectivity index (χ3v) is 2.35. The molecule has 0 aliphatic rings. The molecule has 0 saturated heterocycles. The molecule has 0 spiro atoms. The summed E-state index contributed by atoms with van der Waals surface area (Å²) in [7, 11) is 1.34. The molecule has 0 aromatic heterocycles. The van der Waals surface area contributed by atoms with Gasteiger partial charge in [0.25, 0.3) is 0 Å². The minimum Gasteiger partial charge on any atom is -0.453 e. The first-order valence-electron chi connectivity index (χ1n) is 5.46. The van der Waals surface area contributed by atoms with Crippen molar-refractivity contribution >= 4 is 11.8 Å². The van der Waals surface area contributed by atoms with Gasteiger partial charge in [0, 0.05) is 6.04 Å². The van der Waals surface area contributed by atoms with Crippen molar-refractivity contribution in [2.24, 2.45) is 5.84 Å². The summed E-state index contributed by atoms with van der Waals surface area (Å²) in [4.78, 5) is 11.0. The topological polar surface area (TPSA) is 67.6 Å². The van der Waals surface area contributed by atoms with Gasteiger partial charge in [0.15, 0.2) is 0 Å². The van der Waals surface area contributed by atoms with Crippen LogP contribution in [0.3, 0.4) is 0 Å². The first-order chi connectivity index (χ1) is 8.02. The monoisotopic (exact) mass is 237 g/mol. The Morgan fingerprint density at radius 2 is 2.29 bits per heavy atom. The maximum absolute atomic E-state index is 11.0. The minimum atomic E-state index is -0.449. The van der Waals surface area contributed by atoms with Crippen molar-refractivity contribution in [3.05, 3.63) is 29.8 Å². The normalized spacial score (nSPS) is 11.8. The van der Waals surface area contributed by atoms with Gasteiger partial charge in [0.2, 0.25) is 0 Å². The standard InChI is InChI=1S/C12H19N3O2/c1-9-5-4-6-11(7-9)15(13)8-10(2)14-12(16)17-3/h4-7,10H,8,13H2,1-3H3,(H,14,16). The zero-order chi connectivity index (χ0) is 12.8. The van der Waals surface area contributed by atoms with Crippen LogP contribution < -0.4 is 16.2 Å². The summed E-state index contributed by atoms with van der Waals surface area (Å²) in [5.74, 6) is 5.92.